The molecule has 2 nitrogen and oxygen atoms in total. The van der Waals surface area contributed by atoms with E-state index < -0.39 is 5.97 Å². The fourth-order valence-corrected chi connectivity index (χ4v) is 3.51. The van der Waals surface area contributed by atoms with Crippen LogP contribution in [0.15, 0.2) is 42.5 Å². The molecule has 0 bridgehead atoms. The first-order valence-electron chi connectivity index (χ1n) is 8.83. The number of hydrogen-bond donors (Lipinski definition) is 1. The maximum absolute atomic E-state index is 11.7. The van der Waals surface area contributed by atoms with E-state index in [1.165, 1.54) is 16.7 Å². The normalized spacial score (nSPS) is 13.8. The Bertz CT molecular complexity index is 701. The van der Waals surface area contributed by atoms with Gasteiger partial charge in [0.2, 0.25) is 0 Å². The van der Waals surface area contributed by atoms with Gasteiger partial charge in [-0.1, -0.05) is 71.0 Å². The van der Waals surface area contributed by atoms with E-state index in [1.54, 1.807) is 6.07 Å². The summed E-state index contributed by atoms with van der Waals surface area (Å²) in [6.45, 7) is 10.8. The Labute approximate surface area is 145 Å². The molecule has 0 aliphatic carbocycles. The molecule has 2 heteroatoms. The fraction of sp³-hybridized carbons (Fsp3) is 0.409. The van der Waals surface area contributed by atoms with Crippen LogP contribution < -0.4 is 0 Å². The minimum atomic E-state index is -0.831. The zero-order valence-electron chi connectivity index (χ0n) is 15.3. The van der Waals surface area contributed by atoms with Crippen LogP contribution in [0, 0.1) is 0 Å². The number of rotatable bonds is 6. The Kier molecular flexibility index (Phi) is 5.82. The highest BCUT2D eigenvalue weighted by Gasteiger charge is 2.25. The van der Waals surface area contributed by atoms with Crippen LogP contribution in [0.25, 0.3) is 0 Å². The van der Waals surface area contributed by atoms with Crippen LogP contribution >= 0.6 is 0 Å². The van der Waals surface area contributed by atoms with Gasteiger partial charge in [-0.2, -0.15) is 0 Å². The monoisotopic (exact) mass is 324 g/mol. The second kappa shape index (κ2) is 7.65. The van der Waals surface area contributed by atoms with Crippen LogP contribution in [0.1, 0.15) is 91.4 Å². The summed E-state index contributed by atoms with van der Waals surface area (Å²) < 4.78 is 0. The summed E-state index contributed by atoms with van der Waals surface area (Å²) in [5, 5.41) is 9.64. The molecule has 2 rings (SSSR count). The van der Waals surface area contributed by atoms with Gasteiger partial charge in [0.15, 0.2) is 0 Å². The summed E-state index contributed by atoms with van der Waals surface area (Å²) in [7, 11) is 0. The summed E-state index contributed by atoms with van der Waals surface area (Å²) >= 11 is 0. The number of hydrogen-bond acceptors (Lipinski definition) is 1. The van der Waals surface area contributed by atoms with E-state index in [9.17, 15) is 9.90 Å². The Balaban J connectivity index is 2.72. The molecule has 24 heavy (non-hydrogen) atoms. The van der Waals surface area contributed by atoms with Gasteiger partial charge in [0.05, 0.1) is 5.56 Å². The van der Waals surface area contributed by atoms with Crippen molar-refractivity contribution in [3.8, 4) is 0 Å². The SMILES string of the molecule is CCC(C)c1c(C(C)c2ccccc2)ccc(C(=O)O)c1C(C)C. The summed E-state index contributed by atoms with van der Waals surface area (Å²) in [6.07, 6.45) is 0.997. The van der Waals surface area contributed by atoms with Crippen molar-refractivity contribution in [1.29, 1.82) is 0 Å². The third-order valence-electron chi connectivity index (χ3n) is 5.00. The predicted molar refractivity (Wildman–Crippen MR) is 100 cm³/mol. The molecule has 0 aromatic heterocycles. The molecule has 0 fully saturated rings. The Morgan fingerprint density at radius 1 is 0.958 bits per heavy atom. The van der Waals surface area contributed by atoms with Crippen LogP contribution in [-0.4, -0.2) is 11.1 Å². The molecule has 0 aliphatic heterocycles. The number of carboxylic acids is 1. The first-order valence-corrected chi connectivity index (χ1v) is 8.83. The largest absolute Gasteiger partial charge is 0.478 e. The average molecular weight is 324 g/mol. The van der Waals surface area contributed by atoms with Gasteiger partial charge in [-0.25, -0.2) is 4.79 Å². The molecule has 2 aromatic rings. The zero-order valence-corrected chi connectivity index (χ0v) is 15.3. The zero-order chi connectivity index (χ0) is 17.9. The Morgan fingerprint density at radius 3 is 2.08 bits per heavy atom. The van der Waals surface area contributed by atoms with E-state index in [0.717, 1.165) is 12.0 Å². The molecule has 0 saturated carbocycles. The highest BCUT2D eigenvalue weighted by atomic mass is 16.4. The van der Waals surface area contributed by atoms with Gasteiger partial charge in [0, 0.05) is 5.92 Å². The molecular formula is C22H28O2. The van der Waals surface area contributed by atoms with Gasteiger partial charge >= 0.3 is 5.97 Å². The van der Waals surface area contributed by atoms with Crippen molar-refractivity contribution in [3.05, 3.63) is 70.3 Å². The highest BCUT2D eigenvalue weighted by Crippen LogP contribution is 2.39. The predicted octanol–water partition coefficient (Wildman–Crippen LogP) is 6.17. The molecule has 0 radical (unpaired) electrons. The molecule has 2 unspecified atom stereocenters. The average Bonchev–Trinajstić information content (AvgIpc) is 2.59. The first-order chi connectivity index (χ1) is 11.4. The second-order valence-corrected chi connectivity index (χ2v) is 6.93. The molecule has 0 heterocycles. The van der Waals surface area contributed by atoms with Gasteiger partial charge in [-0.15, -0.1) is 0 Å². The van der Waals surface area contributed by atoms with E-state index in [-0.39, 0.29) is 11.8 Å². The molecule has 0 spiro atoms. The van der Waals surface area contributed by atoms with Crippen molar-refractivity contribution in [2.24, 2.45) is 0 Å². The topological polar surface area (TPSA) is 37.3 Å². The Morgan fingerprint density at radius 2 is 1.58 bits per heavy atom. The lowest BCUT2D eigenvalue weighted by molar-refractivity contribution is 0.0695. The third-order valence-corrected chi connectivity index (χ3v) is 5.00. The lowest BCUT2D eigenvalue weighted by Crippen LogP contribution is -2.14. The van der Waals surface area contributed by atoms with Crippen molar-refractivity contribution >= 4 is 5.97 Å². The van der Waals surface area contributed by atoms with Crippen LogP contribution in [0.2, 0.25) is 0 Å². The van der Waals surface area contributed by atoms with Crippen LogP contribution in [-0.2, 0) is 0 Å². The number of aromatic carboxylic acids is 1. The highest BCUT2D eigenvalue weighted by molar-refractivity contribution is 5.90. The summed E-state index contributed by atoms with van der Waals surface area (Å²) in [5.74, 6) is -0.0661. The molecule has 2 atom stereocenters. The van der Waals surface area contributed by atoms with Gasteiger partial charge in [-0.3, -0.25) is 0 Å². The van der Waals surface area contributed by atoms with E-state index in [0.29, 0.717) is 11.5 Å². The van der Waals surface area contributed by atoms with Crippen molar-refractivity contribution in [1.82, 2.24) is 0 Å². The first kappa shape index (κ1) is 18.3. The lowest BCUT2D eigenvalue weighted by atomic mass is 9.77. The second-order valence-electron chi connectivity index (χ2n) is 6.93. The van der Waals surface area contributed by atoms with E-state index >= 15 is 0 Å². The van der Waals surface area contributed by atoms with Crippen molar-refractivity contribution in [3.63, 3.8) is 0 Å². The smallest absolute Gasteiger partial charge is 0.335 e. The molecule has 1 N–H and O–H groups in total. The van der Waals surface area contributed by atoms with Crippen molar-refractivity contribution in [2.45, 2.75) is 58.8 Å². The van der Waals surface area contributed by atoms with Crippen LogP contribution in [0.5, 0.6) is 0 Å². The quantitative estimate of drug-likeness (QED) is 0.689. The number of benzene rings is 2. The minimum absolute atomic E-state index is 0.183. The lowest BCUT2D eigenvalue weighted by Gasteiger charge is -2.27. The third kappa shape index (κ3) is 3.53. The maximum Gasteiger partial charge on any atom is 0.335 e. The molecular weight excluding hydrogens is 296 g/mol. The maximum atomic E-state index is 11.7. The number of carboxylic acid groups (broad SMARTS) is 1. The van der Waals surface area contributed by atoms with E-state index in [4.69, 9.17) is 0 Å². The summed E-state index contributed by atoms with van der Waals surface area (Å²) in [4.78, 5) is 11.7. The van der Waals surface area contributed by atoms with Crippen LogP contribution in [0.4, 0.5) is 0 Å². The van der Waals surface area contributed by atoms with Crippen molar-refractivity contribution < 1.29 is 9.90 Å². The Hall–Kier alpha value is -2.09. The standard InChI is InChI=1S/C22H28O2/c1-6-15(4)21-18(16(5)17-10-8-7-9-11-17)12-13-19(22(23)24)20(21)14(2)3/h7-16H,6H2,1-5H3,(H,23,24). The fourth-order valence-electron chi connectivity index (χ4n) is 3.51. The van der Waals surface area contributed by atoms with Gasteiger partial charge < -0.3 is 5.11 Å². The van der Waals surface area contributed by atoms with Gasteiger partial charge in [-0.05, 0) is 46.6 Å². The molecule has 0 saturated heterocycles. The molecule has 2 aromatic carbocycles. The molecule has 0 aliphatic rings. The summed E-state index contributed by atoms with van der Waals surface area (Å²) in [6, 6.07) is 14.2. The summed E-state index contributed by atoms with van der Waals surface area (Å²) in [5.41, 5.74) is 5.19. The van der Waals surface area contributed by atoms with Gasteiger partial charge in [0.25, 0.3) is 0 Å². The van der Waals surface area contributed by atoms with Crippen LogP contribution in [0.3, 0.4) is 0 Å². The van der Waals surface area contributed by atoms with E-state index in [2.05, 4.69) is 58.9 Å². The molecule has 128 valence electrons. The minimum Gasteiger partial charge on any atom is -0.478 e. The van der Waals surface area contributed by atoms with E-state index in [1.807, 2.05) is 12.1 Å². The van der Waals surface area contributed by atoms with Crippen molar-refractivity contribution in [2.75, 3.05) is 0 Å². The molecule has 0 amide bonds. The number of carbonyl (C=O) groups is 1. The van der Waals surface area contributed by atoms with Gasteiger partial charge in [0.1, 0.15) is 0 Å².